The van der Waals surface area contributed by atoms with E-state index in [1.165, 1.54) is 22.9 Å². The Hall–Kier alpha value is -2.44. The maximum atomic E-state index is 12.6. The smallest absolute Gasteiger partial charge is 0.286 e. The number of hydrogen-bond donors (Lipinski definition) is 0. The summed E-state index contributed by atoms with van der Waals surface area (Å²) in [5.41, 5.74) is 5.29. The van der Waals surface area contributed by atoms with Crippen molar-refractivity contribution in [3.63, 3.8) is 0 Å². The van der Waals surface area contributed by atoms with Crippen LogP contribution in [0.1, 0.15) is 42.1 Å². The van der Waals surface area contributed by atoms with Gasteiger partial charge in [0, 0.05) is 19.3 Å². The highest BCUT2D eigenvalue weighted by atomic mass is 32.2. The normalized spacial score (nSPS) is 22.1. The van der Waals surface area contributed by atoms with Crippen LogP contribution in [0.2, 0.25) is 0 Å². The van der Waals surface area contributed by atoms with Gasteiger partial charge in [-0.1, -0.05) is 30.3 Å². The molecule has 1 spiro atoms. The van der Waals surface area contributed by atoms with Crippen LogP contribution in [0.15, 0.2) is 52.5 Å². The molecule has 0 saturated carbocycles. The summed E-state index contributed by atoms with van der Waals surface area (Å²) < 4.78 is 6.26. The Morgan fingerprint density at radius 1 is 1.17 bits per heavy atom. The van der Waals surface area contributed by atoms with Crippen molar-refractivity contribution in [3.8, 4) is 0 Å². The summed E-state index contributed by atoms with van der Waals surface area (Å²) >= 11 is 1.48. The van der Waals surface area contributed by atoms with Crippen molar-refractivity contribution in [2.24, 2.45) is 4.99 Å². The minimum atomic E-state index is -0.180. The Labute approximate surface area is 174 Å². The first-order valence-corrected chi connectivity index (χ1v) is 10.8. The highest BCUT2D eigenvalue weighted by Gasteiger charge is 2.43. The molecule has 0 radical (unpaired) electrons. The molecule has 0 N–H and O–H groups in total. The van der Waals surface area contributed by atoms with Gasteiger partial charge in [-0.3, -0.25) is 9.78 Å². The van der Waals surface area contributed by atoms with E-state index in [9.17, 15) is 4.79 Å². The van der Waals surface area contributed by atoms with Gasteiger partial charge < -0.3 is 9.64 Å². The molecule has 5 nitrogen and oxygen atoms in total. The number of pyridine rings is 1. The Balaban J connectivity index is 1.33. The molecule has 1 amide bonds. The van der Waals surface area contributed by atoms with Crippen LogP contribution in [-0.2, 0) is 21.7 Å². The van der Waals surface area contributed by atoms with E-state index in [0.717, 1.165) is 47.9 Å². The molecule has 4 heterocycles. The van der Waals surface area contributed by atoms with Gasteiger partial charge in [-0.25, -0.2) is 0 Å². The van der Waals surface area contributed by atoms with Crippen LogP contribution in [0.5, 0.6) is 0 Å². The van der Waals surface area contributed by atoms with Gasteiger partial charge in [-0.2, -0.15) is 4.99 Å². The first-order chi connectivity index (χ1) is 14.1. The predicted molar refractivity (Wildman–Crippen MR) is 115 cm³/mol. The molecule has 1 saturated heterocycles. The lowest BCUT2D eigenvalue weighted by Crippen LogP contribution is -2.44. The van der Waals surface area contributed by atoms with Crippen molar-refractivity contribution >= 4 is 28.4 Å². The fourth-order valence-corrected chi connectivity index (χ4v) is 5.52. The summed E-state index contributed by atoms with van der Waals surface area (Å²) in [5.74, 6) is -0.157. The predicted octanol–water partition coefficient (Wildman–Crippen LogP) is 4.27. The lowest BCUT2D eigenvalue weighted by atomic mass is 9.84. The van der Waals surface area contributed by atoms with Crippen molar-refractivity contribution in [2.75, 3.05) is 13.1 Å². The molecule has 1 fully saturated rings. The van der Waals surface area contributed by atoms with E-state index in [1.807, 2.05) is 26.0 Å². The van der Waals surface area contributed by atoms with Gasteiger partial charge in [-0.05, 0) is 66.8 Å². The number of ether oxygens (including phenoxy) is 1. The van der Waals surface area contributed by atoms with Crippen LogP contribution in [-0.4, -0.2) is 34.0 Å². The first-order valence-electron chi connectivity index (χ1n) is 9.98. The van der Waals surface area contributed by atoms with Crippen LogP contribution in [0.4, 0.5) is 0 Å². The molecular formula is C23H23N3O2S. The number of piperidine rings is 1. The van der Waals surface area contributed by atoms with Crippen molar-refractivity contribution in [3.05, 3.63) is 69.9 Å². The molecule has 1 aromatic carbocycles. The van der Waals surface area contributed by atoms with Crippen LogP contribution < -0.4 is 0 Å². The van der Waals surface area contributed by atoms with Crippen molar-refractivity contribution < 1.29 is 9.53 Å². The third-order valence-corrected chi connectivity index (χ3v) is 7.36. The summed E-state index contributed by atoms with van der Waals surface area (Å²) in [7, 11) is 0. The molecule has 3 aliphatic rings. The zero-order valence-corrected chi connectivity index (χ0v) is 17.5. The molecule has 0 aliphatic carbocycles. The standard InChI is InChI=1S/C23H23N3O2S/c1-15-6-5-11-24-19(15)16(2)20-21(27)25-22(29-20)26-12-9-23(10-13-26)18-8-4-3-7-17(18)14-28-23/h3-8,11H,9-10,12-14H2,1-2H3/b20-16+. The number of allylic oxidation sites excluding steroid dienone is 1. The highest BCUT2D eigenvalue weighted by molar-refractivity contribution is 8.18. The van der Waals surface area contributed by atoms with Crippen LogP contribution in [0.3, 0.4) is 0 Å². The summed E-state index contributed by atoms with van der Waals surface area (Å²) in [6, 6.07) is 12.5. The fourth-order valence-electron chi connectivity index (χ4n) is 4.51. The summed E-state index contributed by atoms with van der Waals surface area (Å²) in [4.78, 5) is 24.4. The Bertz CT molecular complexity index is 1050. The molecule has 29 heavy (non-hydrogen) atoms. The van der Waals surface area contributed by atoms with Gasteiger partial charge in [0.25, 0.3) is 5.91 Å². The Kier molecular flexibility index (Phi) is 4.56. The van der Waals surface area contributed by atoms with Gasteiger partial charge in [0.05, 0.1) is 22.8 Å². The second-order valence-electron chi connectivity index (χ2n) is 7.85. The molecule has 6 heteroatoms. The third kappa shape index (κ3) is 3.11. The second-order valence-corrected chi connectivity index (χ2v) is 8.83. The number of rotatable bonds is 1. The zero-order chi connectivity index (χ0) is 20.0. The van der Waals surface area contributed by atoms with E-state index in [1.54, 1.807) is 6.20 Å². The third-order valence-electron chi connectivity index (χ3n) is 6.14. The number of aliphatic imine (C=N–C) groups is 1. The number of hydrogen-bond acceptors (Lipinski definition) is 5. The SMILES string of the molecule is C/C(=C1\SC(N2CCC3(CC2)OCc2ccccc23)=NC1=O)c1ncccc1C. The van der Waals surface area contributed by atoms with Gasteiger partial charge >= 0.3 is 0 Å². The van der Waals surface area contributed by atoms with Gasteiger partial charge in [-0.15, -0.1) is 0 Å². The van der Waals surface area contributed by atoms with Crippen molar-refractivity contribution in [1.82, 2.24) is 9.88 Å². The number of aryl methyl sites for hydroxylation is 1. The summed E-state index contributed by atoms with van der Waals surface area (Å²) in [5, 5.41) is 0.805. The second kappa shape index (κ2) is 7.11. The van der Waals surface area contributed by atoms with Crippen LogP contribution in [0, 0.1) is 6.92 Å². The van der Waals surface area contributed by atoms with E-state index in [0.29, 0.717) is 11.5 Å². The molecule has 3 aliphatic heterocycles. The highest BCUT2D eigenvalue weighted by Crippen LogP contribution is 2.45. The van der Waals surface area contributed by atoms with E-state index >= 15 is 0 Å². The number of amidine groups is 1. The number of amides is 1. The number of benzene rings is 1. The van der Waals surface area contributed by atoms with Crippen LogP contribution >= 0.6 is 11.8 Å². The van der Waals surface area contributed by atoms with E-state index in [-0.39, 0.29) is 11.5 Å². The fraction of sp³-hybridized carbons (Fsp3) is 0.348. The van der Waals surface area contributed by atoms with Crippen molar-refractivity contribution in [2.45, 2.75) is 38.9 Å². The minimum absolute atomic E-state index is 0.157. The molecule has 0 atom stereocenters. The number of aromatic nitrogens is 1. The number of fused-ring (bicyclic) bond motifs is 2. The summed E-state index contributed by atoms with van der Waals surface area (Å²) in [6.45, 7) is 6.34. The van der Waals surface area contributed by atoms with Crippen LogP contribution in [0.25, 0.3) is 5.57 Å². The monoisotopic (exact) mass is 405 g/mol. The lowest BCUT2D eigenvalue weighted by molar-refractivity contribution is -0.113. The van der Waals surface area contributed by atoms with Gasteiger partial charge in [0.15, 0.2) is 5.17 Å². The number of thioether (sulfide) groups is 1. The van der Waals surface area contributed by atoms with E-state index in [2.05, 4.69) is 39.1 Å². The number of carbonyl (C=O) groups excluding carboxylic acids is 1. The zero-order valence-electron chi connectivity index (χ0n) is 16.6. The average molecular weight is 406 g/mol. The maximum absolute atomic E-state index is 12.6. The quantitative estimate of drug-likeness (QED) is 0.663. The molecule has 5 rings (SSSR count). The minimum Gasteiger partial charge on any atom is -0.365 e. The lowest BCUT2D eigenvalue weighted by Gasteiger charge is -2.39. The maximum Gasteiger partial charge on any atom is 0.286 e. The van der Waals surface area contributed by atoms with Gasteiger partial charge in [0.1, 0.15) is 0 Å². The van der Waals surface area contributed by atoms with E-state index in [4.69, 9.17) is 4.74 Å². The molecule has 0 bridgehead atoms. The largest absolute Gasteiger partial charge is 0.365 e. The Morgan fingerprint density at radius 2 is 1.97 bits per heavy atom. The summed E-state index contributed by atoms with van der Waals surface area (Å²) in [6.07, 6.45) is 3.59. The van der Waals surface area contributed by atoms with Crippen molar-refractivity contribution in [1.29, 1.82) is 0 Å². The number of nitrogens with zero attached hydrogens (tertiary/aromatic N) is 3. The molecule has 0 unspecified atom stereocenters. The molecule has 2 aromatic rings. The average Bonchev–Trinajstić information content (AvgIpc) is 3.30. The topological polar surface area (TPSA) is 54.8 Å². The molecule has 1 aromatic heterocycles. The van der Waals surface area contributed by atoms with E-state index < -0.39 is 0 Å². The molecular weight excluding hydrogens is 382 g/mol. The van der Waals surface area contributed by atoms with Gasteiger partial charge in [0.2, 0.25) is 0 Å². The Morgan fingerprint density at radius 3 is 2.76 bits per heavy atom. The first kappa shape index (κ1) is 18.6. The number of likely N-dealkylation sites (tertiary alicyclic amines) is 1. The molecule has 148 valence electrons. The number of carbonyl (C=O) groups is 1.